The van der Waals surface area contributed by atoms with Crippen LogP contribution in [0.5, 0.6) is 0 Å². The van der Waals surface area contributed by atoms with Gasteiger partial charge >= 0.3 is 11.1 Å². The Bertz CT molecular complexity index is 1230. The van der Waals surface area contributed by atoms with Crippen LogP contribution in [0.25, 0.3) is 0 Å². The van der Waals surface area contributed by atoms with Crippen LogP contribution in [-0.2, 0) is 25.0 Å². The largest absolute Gasteiger partial charge is 0.332 e. The Hall–Kier alpha value is -2.65. The zero-order chi connectivity index (χ0) is 20.9. The minimum absolute atomic E-state index is 0.204. The minimum atomic E-state index is -0.601. The number of hydrogen-bond donors (Lipinski definition) is 0. The van der Waals surface area contributed by atoms with Crippen LogP contribution in [0.3, 0.4) is 0 Å². The molecule has 9 heteroatoms. The Balaban J connectivity index is 1.44. The van der Waals surface area contributed by atoms with Crippen molar-refractivity contribution >= 4 is 11.3 Å². The van der Waals surface area contributed by atoms with Crippen LogP contribution < -0.4 is 11.1 Å². The summed E-state index contributed by atoms with van der Waals surface area (Å²) < 4.78 is 16.4. The lowest BCUT2D eigenvalue weighted by Crippen LogP contribution is -2.45. The number of halogens is 1. The zero-order valence-electron chi connectivity index (χ0n) is 16.7. The molecule has 1 aromatic carbocycles. The first-order valence-electron chi connectivity index (χ1n) is 10.0. The summed E-state index contributed by atoms with van der Waals surface area (Å²) in [6.45, 7) is 4.86. The Kier molecular flexibility index (Phi) is 4.67. The van der Waals surface area contributed by atoms with E-state index >= 15 is 0 Å². The summed E-state index contributed by atoms with van der Waals surface area (Å²) in [6.07, 6.45) is 1.65. The molecule has 0 aliphatic carbocycles. The maximum Gasteiger partial charge on any atom is 0.332 e. The van der Waals surface area contributed by atoms with Crippen molar-refractivity contribution < 1.29 is 4.39 Å². The van der Waals surface area contributed by atoms with Gasteiger partial charge in [0.2, 0.25) is 0 Å². The van der Waals surface area contributed by atoms with E-state index in [-0.39, 0.29) is 17.8 Å². The van der Waals surface area contributed by atoms with Gasteiger partial charge < -0.3 is 0 Å². The summed E-state index contributed by atoms with van der Waals surface area (Å²) in [7, 11) is 0. The molecule has 5 rings (SSSR count). The van der Waals surface area contributed by atoms with E-state index in [0.717, 1.165) is 42.2 Å². The second-order valence-corrected chi connectivity index (χ2v) is 9.28. The third-order valence-corrected chi connectivity index (χ3v) is 6.95. The first kappa shape index (κ1) is 19.3. The topological polar surface area (TPSA) is 73.0 Å². The Morgan fingerprint density at radius 1 is 1.17 bits per heavy atom. The average molecular weight is 428 g/mol. The van der Waals surface area contributed by atoms with Crippen LogP contribution in [0.4, 0.5) is 4.39 Å². The molecule has 2 aromatic heterocycles. The average Bonchev–Trinajstić information content (AvgIpc) is 3.40. The van der Waals surface area contributed by atoms with Gasteiger partial charge in [-0.2, -0.15) is 5.10 Å². The maximum absolute atomic E-state index is 13.5. The van der Waals surface area contributed by atoms with Gasteiger partial charge in [0, 0.05) is 30.4 Å². The summed E-state index contributed by atoms with van der Waals surface area (Å²) in [6, 6.07) is 6.65. The van der Waals surface area contributed by atoms with Gasteiger partial charge in [-0.05, 0) is 44.0 Å². The molecule has 0 N–H and O–H groups in total. The number of aryl methyl sites for hydroxylation is 1. The van der Waals surface area contributed by atoms with Crippen LogP contribution >= 0.6 is 11.3 Å². The molecule has 0 radical (unpaired) electrons. The van der Waals surface area contributed by atoms with Gasteiger partial charge in [0.25, 0.3) is 0 Å². The quantitative estimate of drug-likeness (QED) is 0.595. The van der Waals surface area contributed by atoms with Crippen molar-refractivity contribution in [1.29, 1.82) is 0 Å². The van der Waals surface area contributed by atoms with Crippen molar-refractivity contribution in [2.45, 2.75) is 44.8 Å². The highest BCUT2D eigenvalue weighted by molar-refractivity contribution is 7.09. The van der Waals surface area contributed by atoms with E-state index < -0.39 is 11.1 Å². The number of rotatable bonds is 4. The Morgan fingerprint density at radius 2 is 2.00 bits per heavy atom. The zero-order valence-corrected chi connectivity index (χ0v) is 17.5. The number of thiazole rings is 1. The van der Waals surface area contributed by atoms with Gasteiger partial charge in [-0.1, -0.05) is 12.1 Å². The van der Waals surface area contributed by atoms with Gasteiger partial charge in [0.1, 0.15) is 11.6 Å². The Morgan fingerprint density at radius 3 is 2.77 bits per heavy atom. The fourth-order valence-electron chi connectivity index (χ4n) is 4.69. The molecule has 3 aromatic rings. The predicted molar refractivity (Wildman–Crippen MR) is 111 cm³/mol. The first-order valence-corrected chi connectivity index (χ1v) is 10.9. The predicted octanol–water partition coefficient (Wildman–Crippen LogP) is 1.90. The molecule has 1 saturated heterocycles. The number of benzene rings is 1. The molecule has 2 aliphatic heterocycles. The molecule has 1 unspecified atom stereocenters. The number of likely N-dealkylation sites (tertiary alicyclic amines) is 1. The van der Waals surface area contributed by atoms with Crippen LogP contribution in [0, 0.1) is 12.7 Å². The van der Waals surface area contributed by atoms with Crippen molar-refractivity contribution in [3.05, 3.63) is 78.3 Å². The minimum Gasteiger partial charge on any atom is -0.298 e. The molecule has 0 bridgehead atoms. The van der Waals surface area contributed by atoms with Crippen LogP contribution in [0.2, 0.25) is 0 Å². The summed E-state index contributed by atoms with van der Waals surface area (Å²) in [5, 5.41) is 7.46. The van der Waals surface area contributed by atoms with Crippen LogP contribution in [-0.4, -0.2) is 37.3 Å². The molecule has 156 valence electrons. The summed E-state index contributed by atoms with van der Waals surface area (Å²) in [5.74, 6) is 0.461. The van der Waals surface area contributed by atoms with Crippen molar-refractivity contribution in [1.82, 2.24) is 24.2 Å². The SMILES string of the molecule is Cc1nc(Cn2nc3n(c(=O)c2=O)CCC32CCN(Cc3cccc(F)c3)C2)cs1. The van der Waals surface area contributed by atoms with Crippen molar-refractivity contribution in [3.63, 3.8) is 0 Å². The van der Waals surface area contributed by atoms with E-state index in [1.54, 1.807) is 16.7 Å². The molecule has 7 nitrogen and oxygen atoms in total. The van der Waals surface area contributed by atoms with Gasteiger partial charge in [-0.25, -0.2) is 14.1 Å². The van der Waals surface area contributed by atoms with Gasteiger partial charge in [-0.3, -0.25) is 19.1 Å². The molecule has 1 atom stereocenters. The fraction of sp³-hybridized carbons (Fsp3) is 0.429. The number of fused-ring (bicyclic) bond motifs is 2. The molecule has 2 aliphatic rings. The maximum atomic E-state index is 13.5. The highest BCUT2D eigenvalue weighted by Crippen LogP contribution is 2.40. The molecular weight excluding hydrogens is 405 g/mol. The molecule has 0 saturated carbocycles. The van der Waals surface area contributed by atoms with E-state index in [1.807, 2.05) is 18.4 Å². The lowest BCUT2D eigenvalue weighted by Gasteiger charge is -2.23. The molecule has 1 fully saturated rings. The fourth-order valence-corrected chi connectivity index (χ4v) is 5.29. The number of hydrogen-bond acceptors (Lipinski definition) is 6. The molecule has 30 heavy (non-hydrogen) atoms. The van der Waals surface area contributed by atoms with E-state index in [9.17, 15) is 14.0 Å². The van der Waals surface area contributed by atoms with E-state index in [0.29, 0.717) is 18.9 Å². The van der Waals surface area contributed by atoms with Gasteiger partial charge in [-0.15, -0.1) is 11.3 Å². The molecular formula is C21H22FN5O2S. The molecule has 1 spiro atoms. The second-order valence-electron chi connectivity index (χ2n) is 8.22. The van der Waals surface area contributed by atoms with Crippen LogP contribution in [0.1, 0.15) is 34.9 Å². The number of aromatic nitrogens is 4. The third kappa shape index (κ3) is 3.31. The highest BCUT2D eigenvalue weighted by atomic mass is 32.1. The van der Waals surface area contributed by atoms with Crippen molar-refractivity contribution in [2.75, 3.05) is 13.1 Å². The van der Waals surface area contributed by atoms with E-state index in [2.05, 4.69) is 15.0 Å². The first-order chi connectivity index (χ1) is 14.4. The standard InChI is InChI=1S/C21H22FN5O2S/c1-14-23-17(12-30-14)11-27-19(29)18(28)26-8-6-21(20(26)24-27)5-7-25(13-21)10-15-3-2-4-16(22)9-15/h2-4,9,12H,5-8,10-11,13H2,1H3. The second kappa shape index (κ2) is 7.24. The highest BCUT2D eigenvalue weighted by Gasteiger charge is 2.47. The smallest absolute Gasteiger partial charge is 0.298 e. The van der Waals surface area contributed by atoms with Gasteiger partial charge in [0.05, 0.1) is 17.2 Å². The summed E-state index contributed by atoms with van der Waals surface area (Å²) in [5.41, 5.74) is 0.310. The normalized spacial score (nSPS) is 20.9. The van der Waals surface area contributed by atoms with E-state index in [1.165, 1.54) is 22.1 Å². The third-order valence-electron chi connectivity index (χ3n) is 6.13. The van der Waals surface area contributed by atoms with Crippen molar-refractivity contribution in [3.8, 4) is 0 Å². The van der Waals surface area contributed by atoms with Gasteiger partial charge in [0.15, 0.2) is 0 Å². The van der Waals surface area contributed by atoms with E-state index in [4.69, 9.17) is 0 Å². The molecule has 0 amide bonds. The summed E-state index contributed by atoms with van der Waals surface area (Å²) in [4.78, 5) is 32.0. The Labute approximate surface area is 176 Å². The monoisotopic (exact) mass is 427 g/mol. The van der Waals surface area contributed by atoms with Crippen molar-refractivity contribution in [2.24, 2.45) is 0 Å². The molecule has 4 heterocycles. The number of nitrogens with zero attached hydrogens (tertiary/aromatic N) is 5. The lowest BCUT2D eigenvalue weighted by atomic mass is 9.85. The lowest BCUT2D eigenvalue weighted by molar-refractivity contribution is 0.297. The van der Waals surface area contributed by atoms with Crippen LogP contribution in [0.15, 0.2) is 39.2 Å². The summed E-state index contributed by atoms with van der Waals surface area (Å²) >= 11 is 1.51.